The van der Waals surface area contributed by atoms with Crippen LogP contribution in [0.2, 0.25) is 0 Å². The zero-order chi connectivity index (χ0) is 12.5. The molecule has 0 radical (unpaired) electrons. The molecule has 0 aromatic heterocycles. The van der Waals surface area contributed by atoms with Crippen LogP contribution in [0.15, 0.2) is 17.0 Å². The molecule has 0 amide bonds. The number of carboxylic acids is 1. The van der Waals surface area contributed by atoms with Gasteiger partial charge in [-0.2, -0.15) is 0 Å². The predicted octanol–water partition coefficient (Wildman–Crippen LogP) is 1.46. The van der Waals surface area contributed by atoms with Crippen molar-refractivity contribution in [3.05, 3.63) is 23.5 Å². The Morgan fingerprint density at radius 3 is 2.44 bits per heavy atom. The van der Waals surface area contributed by atoms with Gasteiger partial charge in [0, 0.05) is 10.7 Å². The van der Waals surface area contributed by atoms with Crippen LogP contribution in [0.3, 0.4) is 0 Å². The van der Waals surface area contributed by atoms with Gasteiger partial charge >= 0.3 is 5.97 Å². The molecule has 0 heterocycles. The lowest BCUT2D eigenvalue weighted by Crippen LogP contribution is -2.04. The summed E-state index contributed by atoms with van der Waals surface area (Å²) >= 11 is 0. The fraction of sp³-hybridized carbons (Fsp3) is 0.125. The molecule has 0 unspecified atom stereocenters. The largest absolute Gasteiger partial charge is 0.492 e. The van der Waals surface area contributed by atoms with Crippen molar-refractivity contribution < 1.29 is 27.4 Å². The number of hydrogen-bond donors (Lipinski definition) is 1. The van der Waals surface area contributed by atoms with E-state index in [1.165, 1.54) is 0 Å². The van der Waals surface area contributed by atoms with Crippen molar-refractivity contribution in [2.24, 2.45) is 0 Å². The van der Waals surface area contributed by atoms with Crippen molar-refractivity contribution in [3.8, 4) is 5.75 Å². The Bertz CT molecular complexity index is 540. The van der Waals surface area contributed by atoms with Gasteiger partial charge in [0.1, 0.15) is 4.90 Å². The summed E-state index contributed by atoms with van der Waals surface area (Å²) in [6.07, 6.45) is 0. The van der Waals surface area contributed by atoms with Gasteiger partial charge in [-0.15, -0.1) is 0 Å². The molecule has 5 nitrogen and oxygen atoms in total. The zero-order valence-corrected chi connectivity index (χ0v) is 9.47. The molecule has 16 heavy (non-hydrogen) atoms. The lowest BCUT2D eigenvalue weighted by atomic mass is 10.2. The average molecular weight is 269 g/mol. The van der Waals surface area contributed by atoms with Crippen molar-refractivity contribution in [1.29, 1.82) is 0 Å². The number of ether oxygens (including phenoxy) is 1. The first kappa shape index (κ1) is 12.7. The van der Waals surface area contributed by atoms with E-state index in [0.717, 1.165) is 13.2 Å². The second-order valence-electron chi connectivity index (χ2n) is 2.73. The van der Waals surface area contributed by atoms with Crippen LogP contribution >= 0.6 is 10.7 Å². The van der Waals surface area contributed by atoms with Crippen molar-refractivity contribution in [2.75, 3.05) is 7.11 Å². The van der Waals surface area contributed by atoms with Gasteiger partial charge in [-0.3, -0.25) is 0 Å². The van der Waals surface area contributed by atoms with Gasteiger partial charge in [-0.05, 0) is 12.1 Å². The third-order valence-electron chi connectivity index (χ3n) is 1.72. The lowest BCUT2D eigenvalue weighted by molar-refractivity contribution is 0.0696. The van der Waals surface area contributed by atoms with Crippen molar-refractivity contribution in [3.63, 3.8) is 0 Å². The molecular weight excluding hydrogens is 263 g/mol. The maximum absolute atomic E-state index is 13.3. The fourth-order valence-electron chi connectivity index (χ4n) is 1.07. The number of rotatable bonds is 3. The molecule has 0 saturated carbocycles. The molecule has 1 rings (SSSR count). The van der Waals surface area contributed by atoms with E-state index >= 15 is 0 Å². The highest BCUT2D eigenvalue weighted by Crippen LogP contribution is 2.30. The molecule has 0 saturated heterocycles. The third-order valence-corrected chi connectivity index (χ3v) is 3.05. The number of carboxylic acid groups (broad SMARTS) is 1. The Balaban J connectivity index is 3.62. The van der Waals surface area contributed by atoms with E-state index in [1.54, 1.807) is 0 Å². The minimum atomic E-state index is -4.28. The molecular formula is C8H6ClFO5S. The number of aromatic carboxylic acids is 1. The number of benzene rings is 1. The normalized spacial score (nSPS) is 11.2. The quantitative estimate of drug-likeness (QED) is 0.840. The molecule has 0 bridgehead atoms. The van der Waals surface area contributed by atoms with Gasteiger partial charge in [-0.1, -0.05) is 0 Å². The molecule has 0 aliphatic heterocycles. The second kappa shape index (κ2) is 4.26. The summed E-state index contributed by atoms with van der Waals surface area (Å²) in [5.41, 5.74) is -0.530. The first-order valence-electron chi connectivity index (χ1n) is 3.83. The van der Waals surface area contributed by atoms with Crippen LogP contribution < -0.4 is 4.74 Å². The Labute approximate surface area is 94.8 Å². The number of halogens is 2. The summed E-state index contributed by atoms with van der Waals surface area (Å²) < 4.78 is 39.9. The SMILES string of the molecule is COc1c(F)cc(C(=O)O)cc1S(=O)(=O)Cl. The summed E-state index contributed by atoms with van der Waals surface area (Å²) in [5, 5.41) is 8.62. The molecule has 0 spiro atoms. The lowest BCUT2D eigenvalue weighted by Gasteiger charge is -2.07. The maximum Gasteiger partial charge on any atom is 0.335 e. The minimum absolute atomic E-state index is 0.530. The van der Waals surface area contributed by atoms with Gasteiger partial charge in [0.05, 0.1) is 12.7 Å². The van der Waals surface area contributed by atoms with Crippen LogP contribution in [0.1, 0.15) is 10.4 Å². The molecule has 8 heteroatoms. The van der Waals surface area contributed by atoms with E-state index in [1.807, 2.05) is 0 Å². The molecule has 88 valence electrons. The minimum Gasteiger partial charge on any atom is -0.492 e. The molecule has 0 atom stereocenters. The summed E-state index contributed by atoms with van der Waals surface area (Å²) in [6, 6.07) is 1.37. The van der Waals surface area contributed by atoms with Crippen molar-refractivity contribution in [2.45, 2.75) is 4.90 Å². The zero-order valence-electron chi connectivity index (χ0n) is 7.90. The van der Waals surface area contributed by atoms with Gasteiger partial charge in [0.15, 0.2) is 11.6 Å². The number of carbonyl (C=O) groups is 1. The van der Waals surface area contributed by atoms with Crippen molar-refractivity contribution in [1.82, 2.24) is 0 Å². The van der Waals surface area contributed by atoms with Crippen LogP contribution in [0.5, 0.6) is 5.75 Å². The van der Waals surface area contributed by atoms with Crippen LogP contribution in [-0.4, -0.2) is 26.6 Å². The third kappa shape index (κ3) is 2.42. The number of hydrogen-bond acceptors (Lipinski definition) is 4. The van der Waals surface area contributed by atoms with Gasteiger partial charge in [0.25, 0.3) is 9.05 Å². The highest BCUT2D eigenvalue weighted by Gasteiger charge is 2.23. The molecule has 0 aliphatic rings. The summed E-state index contributed by atoms with van der Waals surface area (Å²) in [7, 11) is 1.79. The van der Waals surface area contributed by atoms with E-state index in [0.29, 0.717) is 6.07 Å². The van der Waals surface area contributed by atoms with Crippen molar-refractivity contribution >= 4 is 25.7 Å². The fourth-order valence-corrected chi connectivity index (χ4v) is 2.08. The Morgan fingerprint density at radius 1 is 1.50 bits per heavy atom. The Kier molecular flexibility index (Phi) is 3.39. The summed E-state index contributed by atoms with van der Waals surface area (Å²) in [6.45, 7) is 0. The van der Waals surface area contributed by atoms with Gasteiger partial charge in [0.2, 0.25) is 0 Å². The van der Waals surface area contributed by atoms with E-state index in [9.17, 15) is 17.6 Å². The van der Waals surface area contributed by atoms with E-state index < -0.39 is 37.0 Å². The Morgan fingerprint density at radius 2 is 2.06 bits per heavy atom. The van der Waals surface area contributed by atoms with E-state index in [-0.39, 0.29) is 0 Å². The molecule has 1 aromatic rings. The second-order valence-corrected chi connectivity index (χ2v) is 5.27. The summed E-state index contributed by atoms with van der Waals surface area (Å²) in [4.78, 5) is 9.87. The van der Waals surface area contributed by atoms with Gasteiger partial charge < -0.3 is 9.84 Å². The van der Waals surface area contributed by atoms with Crippen LogP contribution in [0.4, 0.5) is 4.39 Å². The highest BCUT2D eigenvalue weighted by atomic mass is 35.7. The van der Waals surface area contributed by atoms with E-state index in [4.69, 9.17) is 15.8 Å². The van der Waals surface area contributed by atoms with E-state index in [2.05, 4.69) is 4.74 Å². The first-order valence-corrected chi connectivity index (χ1v) is 6.13. The molecule has 1 N–H and O–H groups in total. The van der Waals surface area contributed by atoms with Gasteiger partial charge in [-0.25, -0.2) is 17.6 Å². The highest BCUT2D eigenvalue weighted by molar-refractivity contribution is 8.13. The Hall–Kier alpha value is -1.34. The molecule has 1 aromatic carbocycles. The smallest absolute Gasteiger partial charge is 0.335 e. The number of methoxy groups -OCH3 is 1. The average Bonchev–Trinajstić information content (AvgIpc) is 2.14. The van der Waals surface area contributed by atoms with Crippen LogP contribution in [-0.2, 0) is 9.05 Å². The van der Waals surface area contributed by atoms with Crippen LogP contribution in [0, 0.1) is 5.82 Å². The topological polar surface area (TPSA) is 80.7 Å². The standard InChI is InChI=1S/C8H6ClFO5S/c1-15-7-5(10)2-4(8(11)12)3-6(7)16(9,13)14/h2-3H,1H3,(H,11,12). The monoisotopic (exact) mass is 268 g/mol. The maximum atomic E-state index is 13.3. The predicted molar refractivity (Wildman–Crippen MR) is 53.0 cm³/mol. The summed E-state index contributed by atoms with van der Waals surface area (Å²) in [5.74, 6) is -3.19. The first-order chi connectivity index (χ1) is 7.27. The molecule has 0 fully saturated rings. The van der Waals surface area contributed by atoms with Crippen LogP contribution in [0.25, 0.3) is 0 Å². The molecule has 0 aliphatic carbocycles.